The molecule has 1 aromatic carbocycles. The van der Waals surface area contributed by atoms with Crippen LogP contribution in [0.4, 0.5) is 0 Å². The first-order valence-electron chi connectivity index (χ1n) is 6.07. The van der Waals surface area contributed by atoms with Crippen molar-refractivity contribution < 1.29 is 14.6 Å². The van der Waals surface area contributed by atoms with Gasteiger partial charge in [0.2, 0.25) is 0 Å². The van der Waals surface area contributed by atoms with Gasteiger partial charge in [0.25, 0.3) is 0 Å². The van der Waals surface area contributed by atoms with Crippen LogP contribution in [0.3, 0.4) is 0 Å². The molecule has 20 heavy (non-hydrogen) atoms. The minimum absolute atomic E-state index is 0.00828. The molecule has 0 saturated heterocycles. The van der Waals surface area contributed by atoms with Crippen molar-refractivity contribution in [2.45, 2.75) is 19.0 Å². The molecule has 0 unspecified atom stereocenters. The van der Waals surface area contributed by atoms with Crippen molar-refractivity contribution in [3.05, 3.63) is 35.7 Å². The van der Waals surface area contributed by atoms with E-state index in [1.165, 1.54) is 11.8 Å². The first kappa shape index (κ1) is 14.5. The standard InChI is InChI=1S/C14H16N2O3S/c1-9-6-11(19-3)4-5-12(9)16-10(2)7-15-14(16)20-8-13(17)18/h4-7H,8H2,1-3H3,(H,17,18). The van der Waals surface area contributed by atoms with E-state index in [2.05, 4.69) is 4.98 Å². The summed E-state index contributed by atoms with van der Waals surface area (Å²) >= 11 is 1.21. The van der Waals surface area contributed by atoms with Gasteiger partial charge in [-0.15, -0.1) is 0 Å². The number of nitrogens with zero attached hydrogens (tertiary/aromatic N) is 2. The topological polar surface area (TPSA) is 64.4 Å². The van der Waals surface area contributed by atoms with E-state index in [1.54, 1.807) is 13.3 Å². The van der Waals surface area contributed by atoms with Gasteiger partial charge in [-0.25, -0.2) is 4.98 Å². The van der Waals surface area contributed by atoms with E-state index in [4.69, 9.17) is 9.84 Å². The van der Waals surface area contributed by atoms with Crippen molar-refractivity contribution in [2.75, 3.05) is 12.9 Å². The molecule has 0 fully saturated rings. The highest BCUT2D eigenvalue weighted by Gasteiger charge is 2.13. The fourth-order valence-electron chi connectivity index (χ4n) is 1.94. The van der Waals surface area contributed by atoms with Gasteiger partial charge in [-0.1, -0.05) is 11.8 Å². The summed E-state index contributed by atoms with van der Waals surface area (Å²) in [7, 11) is 1.63. The molecule has 1 heterocycles. The van der Waals surface area contributed by atoms with Gasteiger partial charge in [0.1, 0.15) is 5.75 Å². The minimum atomic E-state index is -0.853. The molecular formula is C14H16N2O3S. The number of aryl methyl sites for hydroxylation is 2. The second kappa shape index (κ2) is 6.00. The second-order valence-electron chi connectivity index (χ2n) is 4.35. The van der Waals surface area contributed by atoms with Crippen molar-refractivity contribution in [3.8, 4) is 11.4 Å². The number of methoxy groups -OCH3 is 1. The third-order valence-corrected chi connectivity index (χ3v) is 3.81. The first-order valence-corrected chi connectivity index (χ1v) is 7.05. The number of hydrogen-bond acceptors (Lipinski definition) is 4. The number of ether oxygens (including phenoxy) is 1. The lowest BCUT2D eigenvalue weighted by molar-refractivity contribution is -0.133. The Labute approximate surface area is 121 Å². The predicted octanol–water partition coefficient (Wildman–Crippen LogP) is 2.67. The summed E-state index contributed by atoms with van der Waals surface area (Å²) in [5.74, 6) is -0.0662. The Morgan fingerprint density at radius 2 is 2.20 bits per heavy atom. The molecule has 6 heteroatoms. The summed E-state index contributed by atoms with van der Waals surface area (Å²) in [6, 6.07) is 5.78. The van der Waals surface area contributed by atoms with Crippen LogP contribution < -0.4 is 4.74 Å². The van der Waals surface area contributed by atoms with Crippen LogP contribution >= 0.6 is 11.8 Å². The normalized spacial score (nSPS) is 10.6. The summed E-state index contributed by atoms with van der Waals surface area (Å²) in [6.45, 7) is 3.93. The van der Waals surface area contributed by atoms with Crippen LogP contribution in [0, 0.1) is 13.8 Å². The molecular weight excluding hydrogens is 276 g/mol. The van der Waals surface area contributed by atoms with E-state index in [0.29, 0.717) is 5.16 Å². The van der Waals surface area contributed by atoms with Crippen LogP contribution in [-0.4, -0.2) is 33.5 Å². The molecule has 0 bridgehead atoms. The zero-order valence-electron chi connectivity index (χ0n) is 11.6. The number of carboxylic acid groups (broad SMARTS) is 1. The van der Waals surface area contributed by atoms with E-state index in [9.17, 15) is 4.79 Å². The Morgan fingerprint density at radius 3 is 2.80 bits per heavy atom. The van der Waals surface area contributed by atoms with Crippen LogP contribution in [0.1, 0.15) is 11.3 Å². The van der Waals surface area contributed by atoms with Gasteiger partial charge in [-0.2, -0.15) is 0 Å². The lowest BCUT2D eigenvalue weighted by atomic mass is 10.2. The fourth-order valence-corrected chi connectivity index (χ4v) is 2.69. The lowest BCUT2D eigenvalue weighted by Gasteiger charge is -2.13. The van der Waals surface area contributed by atoms with Crippen molar-refractivity contribution in [3.63, 3.8) is 0 Å². The summed E-state index contributed by atoms with van der Waals surface area (Å²) in [6.07, 6.45) is 1.74. The molecule has 0 aliphatic rings. The van der Waals surface area contributed by atoms with E-state index < -0.39 is 5.97 Å². The average Bonchev–Trinajstić information content (AvgIpc) is 2.77. The van der Waals surface area contributed by atoms with Gasteiger partial charge in [-0.3, -0.25) is 9.36 Å². The summed E-state index contributed by atoms with van der Waals surface area (Å²) in [5.41, 5.74) is 2.99. The van der Waals surface area contributed by atoms with Crippen LogP contribution in [0.15, 0.2) is 29.6 Å². The van der Waals surface area contributed by atoms with E-state index in [1.807, 2.05) is 36.6 Å². The van der Waals surface area contributed by atoms with Crippen molar-refractivity contribution in [1.82, 2.24) is 9.55 Å². The Bertz CT molecular complexity index is 637. The number of imidazole rings is 1. The molecule has 0 aliphatic carbocycles. The van der Waals surface area contributed by atoms with E-state index >= 15 is 0 Å². The monoisotopic (exact) mass is 292 g/mol. The highest BCUT2D eigenvalue weighted by Crippen LogP contribution is 2.27. The smallest absolute Gasteiger partial charge is 0.313 e. The minimum Gasteiger partial charge on any atom is -0.497 e. The number of benzene rings is 1. The molecule has 0 aliphatic heterocycles. The van der Waals surface area contributed by atoms with Crippen molar-refractivity contribution in [2.24, 2.45) is 0 Å². The van der Waals surface area contributed by atoms with Gasteiger partial charge in [0.05, 0.1) is 18.6 Å². The number of carboxylic acids is 1. The zero-order chi connectivity index (χ0) is 14.7. The molecule has 0 spiro atoms. The quantitative estimate of drug-likeness (QED) is 0.858. The molecule has 5 nitrogen and oxygen atoms in total. The Hall–Kier alpha value is -1.95. The van der Waals surface area contributed by atoms with E-state index in [0.717, 1.165) is 22.7 Å². The third kappa shape index (κ3) is 2.96. The Morgan fingerprint density at radius 1 is 1.45 bits per heavy atom. The molecule has 1 aromatic heterocycles. The summed E-state index contributed by atoms with van der Waals surface area (Å²) in [4.78, 5) is 15.0. The third-order valence-electron chi connectivity index (χ3n) is 2.88. The maximum atomic E-state index is 10.7. The largest absolute Gasteiger partial charge is 0.497 e. The molecule has 2 aromatic rings. The summed E-state index contributed by atoms with van der Waals surface area (Å²) in [5, 5.41) is 9.47. The Kier molecular flexibility index (Phi) is 4.34. The highest BCUT2D eigenvalue weighted by molar-refractivity contribution is 7.99. The molecule has 2 rings (SSSR count). The zero-order valence-corrected chi connectivity index (χ0v) is 12.4. The van der Waals surface area contributed by atoms with Crippen LogP contribution in [-0.2, 0) is 4.79 Å². The number of rotatable bonds is 5. The molecule has 0 amide bonds. The number of aromatic nitrogens is 2. The van der Waals surface area contributed by atoms with Gasteiger partial charge in [-0.05, 0) is 37.6 Å². The predicted molar refractivity (Wildman–Crippen MR) is 77.9 cm³/mol. The lowest BCUT2D eigenvalue weighted by Crippen LogP contribution is -2.04. The van der Waals surface area contributed by atoms with E-state index in [-0.39, 0.29) is 5.75 Å². The molecule has 0 atom stereocenters. The van der Waals surface area contributed by atoms with Gasteiger partial charge in [0, 0.05) is 11.9 Å². The maximum absolute atomic E-state index is 10.7. The maximum Gasteiger partial charge on any atom is 0.313 e. The van der Waals surface area contributed by atoms with Crippen LogP contribution in [0.5, 0.6) is 5.75 Å². The van der Waals surface area contributed by atoms with Crippen molar-refractivity contribution in [1.29, 1.82) is 0 Å². The number of aliphatic carboxylic acids is 1. The molecule has 106 valence electrons. The Balaban J connectivity index is 2.41. The molecule has 1 N–H and O–H groups in total. The number of hydrogen-bond donors (Lipinski definition) is 1. The fraction of sp³-hybridized carbons (Fsp3) is 0.286. The molecule has 0 saturated carbocycles. The van der Waals surface area contributed by atoms with Crippen molar-refractivity contribution >= 4 is 17.7 Å². The highest BCUT2D eigenvalue weighted by atomic mass is 32.2. The van der Waals surface area contributed by atoms with Crippen LogP contribution in [0.25, 0.3) is 5.69 Å². The average molecular weight is 292 g/mol. The van der Waals surface area contributed by atoms with Crippen LogP contribution in [0.2, 0.25) is 0 Å². The van der Waals surface area contributed by atoms with Gasteiger partial charge in [0.15, 0.2) is 5.16 Å². The summed E-state index contributed by atoms with van der Waals surface area (Å²) < 4.78 is 7.16. The first-order chi connectivity index (χ1) is 9.52. The SMILES string of the molecule is COc1ccc(-n2c(C)cnc2SCC(=O)O)c(C)c1. The second-order valence-corrected chi connectivity index (χ2v) is 5.29. The number of carbonyl (C=O) groups is 1. The molecule has 0 radical (unpaired) electrons. The number of thioether (sulfide) groups is 1. The van der Waals surface area contributed by atoms with Gasteiger partial charge >= 0.3 is 5.97 Å². The van der Waals surface area contributed by atoms with Gasteiger partial charge < -0.3 is 9.84 Å².